The molecule has 1 aliphatic rings. The molecule has 1 aliphatic heterocycles. The molecule has 1 saturated heterocycles. The SMILES string of the molecule is CN(C)c1cccc(CNC(=O)Cc2ccc(S(=O)(=O)N3CCCC3)s2)c1. The summed E-state index contributed by atoms with van der Waals surface area (Å²) >= 11 is 1.19. The van der Waals surface area contributed by atoms with Crippen molar-refractivity contribution >= 4 is 33.0 Å². The lowest BCUT2D eigenvalue weighted by Gasteiger charge is -2.14. The van der Waals surface area contributed by atoms with Gasteiger partial charge in [0, 0.05) is 44.3 Å². The largest absolute Gasteiger partial charge is 0.378 e. The van der Waals surface area contributed by atoms with E-state index in [0.29, 0.717) is 23.8 Å². The van der Waals surface area contributed by atoms with E-state index in [1.165, 1.54) is 15.6 Å². The molecule has 8 heteroatoms. The van der Waals surface area contributed by atoms with E-state index in [1.54, 1.807) is 12.1 Å². The van der Waals surface area contributed by atoms with Crippen molar-refractivity contribution < 1.29 is 13.2 Å². The first kappa shape index (κ1) is 19.9. The fraction of sp³-hybridized carbons (Fsp3) is 0.421. The van der Waals surface area contributed by atoms with Crippen LogP contribution in [0.1, 0.15) is 23.3 Å². The number of nitrogens with one attached hydrogen (secondary N) is 1. The maximum absolute atomic E-state index is 12.6. The summed E-state index contributed by atoms with van der Waals surface area (Å²) in [7, 11) is 0.543. The van der Waals surface area contributed by atoms with Crippen molar-refractivity contribution in [3.8, 4) is 0 Å². The molecule has 0 saturated carbocycles. The Bertz CT molecular complexity index is 900. The van der Waals surface area contributed by atoms with E-state index in [2.05, 4.69) is 5.32 Å². The molecule has 0 bridgehead atoms. The third-order valence-corrected chi connectivity index (χ3v) is 8.00. The van der Waals surface area contributed by atoms with Crippen LogP contribution in [-0.2, 0) is 27.8 Å². The fourth-order valence-electron chi connectivity index (χ4n) is 3.01. The van der Waals surface area contributed by atoms with Crippen LogP contribution >= 0.6 is 11.3 Å². The van der Waals surface area contributed by atoms with E-state index in [0.717, 1.165) is 29.0 Å². The van der Waals surface area contributed by atoms with Crippen molar-refractivity contribution in [3.63, 3.8) is 0 Å². The Morgan fingerprint density at radius 1 is 1.19 bits per heavy atom. The molecule has 0 radical (unpaired) electrons. The van der Waals surface area contributed by atoms with Gasteiger partial charge in [-0.05, 0) is 42.7 Å². The lowest BCUT2D eigenvalue weighted by Crippen LogP contribution is -2.27. The number of carbonyl (C=O) groups excluding carboxylic acids is 1. The van der Waals surface area contributed by atoms with E-state index in [-0.39, 0.29) is 12.3 Å². The Labute approximate surface area is 164 Å². The zero-order valence-corrected chi connectivity index (χ0v) is 17.3. The molecule has 2 heterocycles. The molecule has 1 amide bonds. The maximum Gasteiger partial charge on any atom is 0.252 e. The smallest absolute Gasteiger partial charge is 0.252 e. The van der Waals surface area contributed by atoms with Gasteiger partial charge in [0.25, 0.3) is 10.0 Å². The van der Waals surface area contributed by atoms with Crippen LogP contribution in [0.4, 0.5) is 5.69 Å². The lowest BCUT2D eigenvalue weighted by atomic mass is 10.2. The number of carbonyl (C=O) groups is 1. The van der Waals surface area contributed by atoms with Gasteiger partial charge in [-0.3, -0.25) is 4.79 Å². The van der Waals surface area contributed by atoms with Crippen LogP contribution in [0.15, 0.2) is 40.6 Å². The standard InChI is InChI=1S/C19H25N3O3S2/c1-21(2)16-7-5-6-15(12-16)14-20-18(23)13-17-8-9-19(26-17)27(24,25)22-10-3-4-11-22/h5-9,12H,3-4,10-11,13-14H2,1-2H3,(H,20,23). The van der Waals surface area contributed by atoms with E-state index in [4.69, 9.17) is 0 Å². The van der Waals surface area contributed by atoms with Crippen LogP contribution in [0.2, 0.25) is 0 Å². The normalized spacial score (nSPS) is 15.0. The van der Waals surface area contributed by atoms with Crippen molar-refractivity contribution in [2.75, 3.05) is 32.1 Å². The Morgan fingerprint density at radius 3 is 2.63 bits per heavy atom. The van der Waals surface area contributed by atoms with E-state index in [9.17, 15) is 13.2 Å². The van der Waals surface area contributed by atoms with Gasteiger partial charge in [0.15, 0.2) is 0 Å². The molecule has 0 spiro atoms. The Balaban J connectivity index is 1.57. The number of thiophene rings is 1. The predicted octanol–water partition coefficient (Wildman–Crippen LogP) is 2.46. The molecule has 2 aromatic rings. The van der Waals surface area contributed by atoms with Gasteiger partial charge in [0.05, 0.1) is 6.42 Å². The lowest BCUT2D eigenvalue weighted by molar-refractivity contribution is -0.120. The summed E-state index contributed by atoms with van der Waals surface area (Å²) in [5.74, 6) is -0.114. The number of anilines is 1. The second-order valence-corrected chi connectivity index (χ2v) is 10.2. The number of hydrogen-bond donors (Lipinski definition) is 1. The highest BCUT2D eigenvalue weighted by Gasteiger charge is 2.28. The summed E-state index contributed by atoms with van der Waals surface area (Å²) < 4.78 is 27.0. The molecule has 27 heavy (non-hydrogen) atoms. The number of nitrogens with zero attached hydrogens (tertiary/aromatic N) is 2. The van der Waals surface area contributed by atoms with Crippen molar-refractivity contribution in [2.24, 2.45) is 0 Å². The Kier molecular flexibility index (Phi) is 6.18. The molecule has 146 valence electrons. The first-order chi connectivity index (χ1) is 12.9. The molecule has 0 atom stereocenters. The summed E-state index contributed by atoms with van der Waals surface area (Å²) in [6, 6.07) is 11.3. The molecule has 1 aromatic carbocycles. The van der Waals surface area contributed by atoms with Gasteiger partial charge in [-0.2, -0.15) is 4.31 Å². The quantitative estimate of drug-likeness (QED) is 0.765. The van der Waals surface area contributed by atoms with E-state index >= 15 is 0 Å². The first-order valence-corrected chi connectivity index (χ1v) is 11.2. The van der Waals surface area contributed by atoms with E-state index in [1.807, 2.05) is 43.3 Å². The zero-order valence-electron chi connectivity index (χ0n) is 15.6. The van der Waals surface area contributed by atoms with Crippen molar-refractivity contribution in [1.82, 2.24) is 9.62 Å². The molecule has 0 unspecified atom stereocenters. The monoisotopic (exact) mass is 407 g/mol. The van der Waals surface area contributed by atoms with Crippen LogP contribution in [0.5, 0.6) is 0 Å². The van der Waals surface area contributed by atoms with Gasteiger partial charge in [-0.15, -0.1) is 11.3 Å². The van der Waals surface area contributed by atoms with Crippen LogP contribution in [0, 0.1) is 0 Å². The highest BCUT2D eigenvalue weighted by molar-refractivity contribution is 7.91. The Morgan fingerprint density at radius 2 is 1.93 bits per heavy atom. The molecular formula is C19H25N3O3S2. The summed E-state index contributed by atoms with van der Waals surface area (Å²) in [6.45, 7) is 1.62. The topological polar surface area (TPSA) is 69.7 Å². The third-order valence-electron chi connectivity index (χ3n) is 4.55. The first-order valence-electron chi connectivity index (χ1n) is 8.98. The third kappa shape index (κ3) is 4.88. The minimum atomic E-state index is -3.41. The molecule has 1 fully saturated rings. The fourth-order valence-corrected chi connectivity index (χ4v) is 6.04. The molecule has 6 nitrogen and oxygen atoms in total. The van der Waals surface area contributed by atoms with Gasteiger partial charge < -0.3 is 10.2 Å². The van der Waals surface area contributed by atoms with Crippen molar-refractivity contribution in [3.05, 3.63) is 46.8 Å². The number of sulfonamides is 1. The molecule has 0 aliphatic carbocycles. The summed E-state index contributed by atoms with van der Waals surface area (Å²) in [5.41, 5.74) is 2.11. The molecule has 1 aromatic heterocycles. The van der Waals surface area contributed by atoms with Crippen LogP contribution < -0.4 is 10.2 Å². The number of hydrogen-bond acceptors (Lipinski definition) is 5. The molecule has 3 rings (SSSR count). The number of benzene rings is 1. The molecular weight excluding hydrogens is 382 g/mol. The van der Waals surface area contributed by atoms with Crippen molar-refractivity contribution in [1.29, 1.82) is 0 Å². The second-order valence-electron chi connectivity index (χ2n) is 6.85. The van der Waals surface area contributed by atoms with Crippen LogP contribution in [-0.4, -0.2) is 45.8 Å². The predicted molar refractivity (Wildman–Crippen MR) is 109 cm³/mol. The average Bonchev–Trinajstić information content (AvgIpc) is 3.32. The van der Waals surface area contributed by atoms with E-state index < -0.39 is 10.0 Å². The minimum absolute atomic E-state index is 0.114. The number of rotatable bonds is 7. The van der Waals surface area contributed by atoms with Crippen LogP contribution in [0.25, 0.3) is 0 Å². The highest BCUT2D eigenvalue weighted by Crippen LogP contribution is 2.27. The van der Waals surface area contributed by atoms with Crippen molar-refractivity contribution in [2.45, 2.75) is 30.0 Å². The zero-order chi connectivity index (χ0) is 19.4. The second kappa shape index (κ2) is 8.41. The van der Waals surface area contributed by atoms with Crippen LogP contribution in [0.3, 0.4) is 0 Å². The van der Waals surface area contributed by atoms with Gasteiger partial charge in [-0.1, -0.05) is 12.1 Å². The number of amides is 1. The molecule has 1 N–H and O–H groups in total. The van der Waals surface area contributed by atoms with Gasteiger partial charge >= 0.3 is 0 Å². The minimum Gasteiger partial charge on any atom is -0.378 e. The van der Waals surface area contributed by atoms with Gasteiger partial charge in [-0.25, -0.2) is 8.42 Å². The summed E-state index contributed by atoms with van der Waals surface area (Å²) in [5, 5.41) is 2.91. The maximum atomic E-state index is 12.6. The highest BCUT2D eigenvalue weighted by atomic mass is 32.2. The average molecular weight is 408 g/mol. The summed E-state index contributed by atoms with van der Waals surface area (Å²) in [6.07, 6.45) is 2.01. The Hall–Kier alpha value is -1.90. The van der Waals surface area contributed by atoms with Gasteiger partial charge in [0.1, 0.15) is 4.21 Å². The summed E-state index contributed by atoms with van der Waals surface area (Å²) in [4.78, 5) is 15.0. The van der Waals surface area contributed by atoms with Gasteiger partial charge in [0.2, 0.25) is 5.91 Å².